The molecule has 0 N–H and O–H groups in total. The first-order valence-corrected chi connectivity index (χ1v) is 19.9. The Morgan fingerprint density at radius 2 is 0.980 bits per heavy atom. The van der Waals surface area contributed by atoms with Crippen molar-refractivity contribution in [2.45, 2.75) is 174 Å². The summed E-state index contributed by atoms with van der Waals surface area (Å²) >= 11 is 0. The summed E-state index contributed by atoms with van der Waals surface area (Å²) in [5, 5.41) is 0. The highest BCUT2D eigenvalue weighted by Crippen LogP contribution is 2.47. The van der Waals surface area contributed by atoms with Gasteiger partial charge in [-0.2, -0.15) is 21.6 Å². The van der Waals surface area contributed by atoms with Gasteiger partial charge in [0.15, 0.2) is 0 Å². The summed E-state index contributed by atoms with van der Waals surface area (Å²) in [4.78, 5) is 0. The molecule has 5 fully saturated rings. The van der Waals surface area contributed by atoms with E-state index in [1.165, 1.54) is 37.2 Å². The van der Waals surface area contributed by atoms with Gasteiger partial charge in [0.2, 0.25) is 0 Å². The zero-order chi connectivity index (χ0) is 38.2. The third kappa shape index (κ3) is 8.62. The molecule has 3 aliphatic heterocycles. The minimum Gasteiger partial charge on any atom is -0.405 e. The first-order chi connectivity index (χ1) is 23.0. The van der Waals surface area contributed by atoms with Gasteiger partial charge in [-0.25, -0.2) is 0 Å². The molecule has 3 saturated heterocycles. The second kappa shape index (κ2) is 13.6. The van der Waals surface area contributed by atoms with Crippen LogP contribution in [0.15, 0.2) is 23.4 Å². The lowest BCUT2D eigenvalue weighted by Gasteiger charge is -2.32. The molecule has 0 amide bonds. The number of halogens is 3. The van der Waals surface area contributed by atoms with Gasteiger partial charge in [0, 0.05) is 6.42 Å². The Hall–Kier alpha value is -1.03. The fourth-order valence-electron chi connectivity index (χ4n) is 7.64. The molecule has 0 aromatic carbocycles. The smallest absolute Gasteiger partial charge is 0.405 e. The van der Waals surface area contributed by atoms with Crippen LogP contribution in [0.2, 0.25) is 0 Å². The average Bonchev–Trinajstić information content (AvgIpc) is 3.66. The number of alkyl halides is 3. The van der Waals surface area contributed by atoms with Crippen LogP contribution in [0.5, 0.6) is 0 Å². The van der Waals surface area contributed by atoms with Crippen molar-refractivity contribution in [3.05, 3.63) is 23.4 Å². The Morgan fingerprint density at radius 3 is 1.35 bits per heavy atom. The molecule has 0 radical (unpaired) electrons. The van der Waals surface area contributed by atoms with Gasteiger partial charge in [-0.3, -0.25) is 0 Å². The van der Waals surface area contributed by atoms with Crippen molar-refractivity contribution in [2.24, 2.45) is 23.7 Å². The summed E-state index contributed by atoms with van der Waals surface area (Å²) < 4.78 is 98.0. The molecule has 7 aliphatic rings. The van der Waals surface area contributed by atoms with Crippen LogP contribution in [0.3, 0.4) is 0 Å². The second-order valence-corrected chi connectivity index (χ2v) is 20.0. The first-order valence-electron chi connectivity index (χ1n) is 18.5. The molecule has 4 bridgehead atoms. The standard InChI is InChI=1S/C14H23BO2.C12H24B2O4.C9H11F3O3S/c1-13(2)14(3,4)17-15(16-13)12-8-10-5-6-11(7-10)9-12;1-9(2)10(3,4)16-13(15-9)14-17-11(5,6)12(7,8)18-14;10-9(11,12)16(13,14)15-8-4-6-1-2-7(3-6)5-8/h8,10-11H,5-7,9H2,1-4H3;1-8H3;4,6-7H,1-3,5H2/t10-,11+;;6-,7+/m1.1/s1. The lowest BCUT2D eigenvalue weighted by molar-refractivity contribution is -0.0525. The van der Waals surface area contributed by atoms with Gasteiger partial charge in [0.1, 0.15) is 5.76 Å². The van der Waals surface area contributed by atoms with Crippen LogP contribution in [0.1, 0.15) is 134 Å². The van der Waals surface area contributed by atoms with Crippen LogP contribution in [0.4, 0.5) is 13.2 Å². The largest absolute Gasteiger partial charge is 0.534 e. The lowest BCUT2D eigenvalue weighted by Crippen LogP contribution is -2.41. The maximum Gasteiger partial charge on any atom is 0.534 e. The van der Waals surface area contributed by atoms with Gasteiger partial charge in [-0.15, -0.1) is 0 Å². The molecule has 2 saturated carbocycles. The molecule has 0 spiro atoms. The average molecular weight is 744 g/mol. The van der Waals surface area contributed by atoms with Crippen molar-refractivity contribution in [3.63, 3.8) is 0 Å². The van der Waals surface area contributed by atoms with Gasteiger partial charge in [-0.05, 0) is 163 Å². The van der Waals surface area contributed by atoms with E-state index in [9.17, 15) is 21.6 Å². The number of rotatable bonds is 4. The van der Waals surface area contributed by atoms with E-state index in [1.807, 2.05) is 55.4 Å². The maximum absolute atomic E-state index is 12.1. The van der Waals surface area contributed by atoms with Crippen LogP contribution < -0.4 is 0 Å². The lowest BCUT2D eigenvalue weighted by atomic mass is 9.49. The van der Waals surface area contributed by atoms with Crippen molar-refractivity contribution in [3.8, 4) is 0 Å². The Kier molecular flexibility index (Phi) is 11.0. The van der Waals surface area contributed by atoms with E-state index < -0.39 is 29.6 Å². The molecular formula is C35H58B3F3O9S. The third-order valence-corrected chi connectivity index (χ3v) is 13.9. The van der Waals surface area contributed by atoms with Gasteiger partial charge in [0.25, 0.3) is 0 Å². The molecule has 7 rings (SSSR count). The van der Waals surface area contributed by atoms with Crippen molar-refractivity contribution in [1.29, 1.82) is 0 Å². The van der Waals surface area contributed by atoms with E-state index in [0.717, 1.165) is 31.1 Å². The van der Waals surface area contributed by atoms with E-state index in [0.29, 0.717) is 6.42 Å². The van der Waals surface area contributed by atoms with Crippen LogP contribution >= 0.6 is 0 Å². The van der Waals surface area contributed by atoms with Gasteiger partial charge in [0.05, 0.1) is 33.6 Å². The number of hydrogen-bond acceptors (Lipinski definition) is 9. The van der Waals surface area contributed by atoms with Gasteiger partial charge >= 0.3 is 36.8 Å². The SMILES string of the molecule is CC1(C)OB(B2OC(C)(C)C(C)(C)O2)OC1(C)C.CC1(C)OB(C2=C[C@@H]3CC[C@H](C2)C3)OC1(C)C.O=S(=O)(OC1=C[C@@H]2CC[C@H](C1)C2)C(F)(F)F. The van der Waals surface area contributed by atoms with Crippen molar-refractivity contribution in [2.75, 3.05) is 0 Å². The summed E-state index contributed by atoms with van der Waals surface area (Å²) in [7, 11) is -6.53. The topological polar surface area (TPSA) is 98.8 Å². The Morgan fingerprint density at radius 1 is 0.608 bits per heavy atom. The highest BCUT2D eigenvalue weighted by molar-refractivity contribution is 7.87. The molecule has 288 valence electrons. The Balaban J connectivity index is 0.000000149. The number of fused-ring (bicyclic) bond motifs is 4. The fourth-order valence-corrected chi connectivity index (χ4v) is 8.14. The number of allylic oxidation sites excluding steroid dienone is 4. The zero-order valence-corrected chi connectivity index (χ0v) is 33.4. The van der Waals surface area contributed by atoms with Crippen LogP contribution in [-0.4, -0.2) is 68.7 Å². The minimum absolute atomic E-state index is 0.0453. The molecule has 16 heteroatoms. The monoisotopic (exact) mass is 744 g/mol. The number of hydrogen-bond donors (Lipinski definition) is 0. The van der Waals surface area contributed by atoms with Crippen molar-refractivity contribution < 1.29 is 53.7 Å². The predicted molar refractivity (Wildman–Crippen MR) is 191 cm³/mol. The Bertz CT molecular complexity index is 1390. The third-order valence-electron chi connectivity index (χ3n) is 12.9. The Labute approximate surface area is 305 Å². The summed E-state index contributed by atoms with van der Waals surface area (Å²) in [6, 6.07) is 0. The van der Waals surface area contributed by atoms with E-state index in [-0.39, 0.29) is 58.3 Å². The normalized spacial score (nSPS) is 33.5. The molecule has 51 heavy (non-hydrogen) atoms. The van der Waals surface area contributed by atoms with Crippen molar-refractivity contribution in [1.82, 2.24) is 0 Å². The fraction of sp³-hybridized carbons (Fsp3) is 0.886. The molecule has 4 aliphatic carbocycles. The quantitative estimate of drug-likeness (QED) is 0.160. The molecule has 0 aromatic heterocycles. The van der Waals surface area contributed by atoms with Crippen LogP contribution in [-0.2, 0) is 42.2 Å². The summed E-state index contributed by atoms with van der Waals surface area (Å²) in [6.45, 7) is 24.7. The highest BCUT2D eigenvalue weighted by Gasteiger charge is 2.64. The van der Waals surface area contributed by atoms with E-state index in [4.69, 9.17) is 27.9 Å². The van der Waals surface area contributed by atoms with Crippen LogP contribution in [0.25, 0.3) is 0 Å². The molecular weight excluding hydrogens is 686 g/mol. The summed E-state index contributed by atoms with van der Waals surface area (Å²) in [6.07, 6.45) is 12.4. The van der Waals surface area contributed by atoms with Crippen molar-refractivity contribution >= 4 is 31.3 Å². The van der Waals surface area contributed by atoms with Crippen LogP contribution in [0, 0.1) is 23.7 Å². The first kappa shape index (κ1) is 41.1. The van der Waals surface area contributed by atoms with Gasteiger partial charge in [-0.1, -0.05) is 6.08 Å². The zero-order valence-electron chi connectivity index (χ0n) is 32.6. The summed E-state index contributed by atoms with van der Waals surface area (Å²) in [5.74, 6) is 2.09. The second-order valence-electron chi connectivity index (χ2n) is 18.5. The molecule has 3 heterocycles. The molecule has 4 atom stereocenters. The minimum atomic E-state index is -5.48. The summed E-state index contributed by atoms with van der Waals surface area (Å²) in [5.41, 5.74) is -5.78. The van der Waals surface area contributed by atoms with E-state index >= 15 is 0 Å². The maximum atomic E-state index is 12.1. The molecule has 9 nitrogen and oxygen atoms in total. The molecule has 0 unspecified atom stereocenters. The highest BCUT2D eigenvalue weighted by atomic mass is 32.2. The molecule has 0 aromatic rings. The predicted octanol–water partition coefficient (Wildman–Crippen LogP) is 8.17. The van der Waals surface area contributed by atoms with E-state index in [2.05, 4.69) is 38.0 Å². The van der Waals surface area contributed by atoms with Gasteiger partial charge < -0.3 is 32.1 Å². The van der Waals surface area contributed by atoms with E-state index in [1.54, 1.807) is 0 Å².